The molecule has 0 bridgehead atoms. The molecule has 0 aliphatic carbocycles. The highest BCUT2D eigenvalue weighted by Gasteiger charge is 2.00. The van der Waals surface area contributed by atoms with Crippen LogP contribution in [0.3, 0.4) is 0 Å². The highest BCUT2D eigenvalue weighted by Crippen LogP contribution is 2.14. The molecule has 112 valence electrons. The average Bonchev–Trinajstić information content (AvgIpc) is 2.58. The molecule has 0 fully saturated rings. The van der Waals surface area contributed by atoms with Gasteiger partial charge in [-0.05, 0) is 30.0 Å². The molecule has 0 heterocycles. The molecule has 4 heteroatoms. The standard InChI is InChI=1S/C18H17NO2S/c1-22-17-11-5-9-15(13-17)10-6-12-19-18(20)21-14-16-7-3-2-4-8-16/h2-5,7-9,11,13H,12,14H2,1H3,(H,19,20). The first-order valence-corrected chi connectivity index (χ1v) is 8.08. The summed E-state index contributed by atoms with van der Waals surface area (Å²) >= 11 is 1.67. The summed E-state index contributed by atoms with van der Waals surface area (Å²) in [6.07, 6.45) is 1.56. The Hall–Kier alpha value is -2.38. The molecule has 3 nitrogen and oxygen atoms in total. The van der Waals surface area contributed by atoms with Crippen LogP contribution in [0.15, 0.2) is 59.5 Å². The maximum Gasteiger partial charge on any atom is 0.408 e. The van der Waals surface area contributed by atoms with E-state index < -0.39 is 6.09 Å². The van der Waals surface area contributed by atoms with E-state index in [1.165, 1.54) is 4.90 Å². The molecule has 0 saturated carbocycles. The van der Waals surface area contributed by atoms with Crippen molar-refractivity contribution in [2.75, 3.05) is 12.8 Å². The fourth-order valence-corrected chi connectivity index (χ4v) is 2.20. The molecule has 22 heavy (non-hydrogen) atoms. The normalized spacial score (nSPS) is 9.50. The molecule has 0 aromatic heterocycles. The lowest BCUT2D eigenvalue weighted by atomic mass is 10.2. The number of hydrogen-bond acceptors (Lipinski definition) is 3. The van der Waals surface area contributed by atoms with E-state index in [-0.39, 0.29) is 13.2 Å². The predicted molar refractivity (Wildman–Crippen MR) is 89.7 cm³/mol. The fraction of sp³-hybridized carbons (Fsp3) is 0.167. The van der Waals surface area contributed by atoms with Crippen LogP contribution in [0.2, 0.25) is 0 Å². The minimum Gasteiger partial charge on any atom is -0.445 e. The average molecular weight is 311 g/mol. The third-order valence-corrected chi connectivity index (χ3v) is 3.56. The van der Waals surface area contributed by atoms with Crippen molar-refractivity contribution in [1.82, 2.24) is 5.32 Å². The largest absolute Gasteiger partial charge is 0.445 e. The van der Waals surface area contributed by atoms with E-state index in [4.69, 9.17) is 4.74 Å². The van der Waals surface area contributed by atoms with E-state index in [0.717, 1.165) is 11.1 Å². The molecule has 0 saturated heterocycles. The van der Waals surface area contributed by atoms with Gasteiger partial charge in [0.1, 0.15) is 6.61 Å². The summed E-state index contributed by atoms with van der Waals surface area (Å²) in [6, 6.07) is 17.5. The van der Waals surface area contributed by atoms with Crippen LogP contribution >= 0.6 is 11.8 Å². The van der Waals surface area contributed by atoms with Gasteiger partial charge in [-0.1, -0.05) is 48.2 Å². The second-order valence-corrected chi connectivity index (χ2v) is 5.33. The van der Waals surface area contributed by atoms with Crippen LogP contribution in [0.4, 0.5) is 4.79 Å². The van der Waals surface area contributed by atoms with E-state index in [1.54, 1.807) is 11.8 Å². The number of nitrogens with one attached hydrogen (secondary N) is 1. The van der Waals surface area contributed by atoms with Gasteiger partial charge in [0.2, 0.25) is 0 Å². The maximum atomic E-state index is 11.5. The summed E-state index contributed by atoms with van der Waals surface area (Å²) < 4.78 is 5.10. The van der Waals surface area contributed by atoms with Crippen LogP contribution < -0.4 is 5.32 Å². The van der Waals surface area contributed by atoms with Gasteiger partial charge in [0, 0.05) is 10.5 Å². The molecule has 1 N–H and O–H groups in total. The van der Waals surface area contributed by atoms with Crippen LogP contribution in [0.25, 0.3) is 0 Å². The van der Waals surface area contributed by atoms with Crippen molar-refractivity contribution in [1.29, 1.82) is 0 Å². The number of alkyl carbamates (subject to hydrolysis) is 1. The third kappa shape index (κ3) is 5.55. The number of rotatable bonds is 4. The fourth-order valence-electron chi connectivity index (χ4n) is 1.74. The van der Waals surface area contributed by atoms with Crippen molar-refractivity contribution in [2.45, 2.75) is 11.5 Å². The van der Waals surface area contributed by atoms with Crippen molar-refractivity contribution in [3.63, 3.8) is 0 Å². The van der Waals surface area contributed by atoms with Gasteiger partial charge in [-0.3, -0.25) is 0 Å². The lowest BCUT2D eigenvalue weighted by molar-refractivity contribution is 0.141. The van der Waals surface area contributed by atoms with Gasteiger partial charge in [-0.25, -0.2) is 4.79 Å². The lowest BCUT2D eigenvalue weighted by Gasteiger charge is -2.04. The number of amides is 1. The van der Waals surface area contributed by atoms with Gasteiger partial charge >= 0.3 is 6.09 Å². The van der Waals surface area contributed by atoms with Crippen LogP contribution in [-0.4, -0.2) is 18.9 Å². The van der Waals surface area contributed by atoms with Crippen LogP contribution in [0, 0.1) is 11.8 Å². The highest BCUT2D eigenvalue weighted by atomic mass is 32.2. The van der Waals surface area contributed by atoms with Gasteiger partial charge in [0.25, 0.3) is 0 Å². The van der Waals surface area contributed by atoms with Gasteiger partial charge in [0.15, 0.2) is 0 Å². The monoisotopic (exact) mass is 311 g/mol. The Labute approximate surface area is 135 Å². The third-order valence-electron chi connectivity index (χ3n) is 2.84. The lowest BCUT2D eigenvalue weighted by Crippen LogP contribution is -2.24. The second kappa shape index (κ2) is 8.81. The van der Waals surface area contributed by atoms with Crippen molar-refractivity contribution >= 4 is 17.9 Å². The van der Waals surface area contributed by atoms with Gasteiger partial charge in [0.05, 0.1) is 6.54 Å². The smallest absolute Gasteiger partial charge is 0.408 e. The zero-order chi connectivity index (χ0) is 15.6. The zero-order valence-electron chi connectivity index (χ0n) is 12.3. The molecule has 2 aromatic rings. The van der Waals surface area contributed by atoms with E-state index in [2.05, 4.69) is 17.2 Å². The molecule has 0 atom stereocenters. The number of thioether (sulfide) groups is 1. The molecular formula is C18H17NO2S. The van der Waals surface area contributed by atoms with E-state index in [0.29, 0.717) is 0 Å². The SMILES string of the molecule is CSc1cccc(C#CCNC(=O)OCc2ccccc2)c1. The summed E-state index contributed by atoms with van der Waals surface area (Å²) in [5.41, 5.74) is 1.89. The van der Waals surface area contributed by atoms with Crippen LogP contribution in [-0.2, 0) is 11.3 Å². The number of ether oxygens (including phenoxy) is 1. The number of carbonyl (C=O) groups is 1. The molecule has 0 spiro atoms. The topological polar surface area (TPSA) is 38.3 Å². The Kier molecular flexibility index (Phi) is 6.40. The minimum absolute atomic E-state index is 0.260. The molecule has 2 aromatic carbocycles. The number of benzene rings is 2. The predicted octanol–water partition coefficient (Wildman–Crippen LogP) is 3.69. The van der Waals surface area contributed by atoms with Crippen molar-refractivity contribution in [3.05, 3.63) is 65.7 Å². The highest BCUT2D eigenvalue weighted by molar-refractivity contribution is 7.98. The summed E-state index contributed by atoms with van der Waals surface area (Å²) in [5, 5.41) is 2.61. The Morgan fingerprint density at radius 1 is 1.18 bits per heavy atom. The molecular weight excluding hydrogens is 294 g/mol. The molecule has 0 aliphatic heterocycles. The molecule has 0 radical (unpaired) electrons. The van der Waals surface area contributed by atoms with Crippen molar-refractivity contribution < 1.29 is 9.53 Å². The van der Waals surface area contributed by atoms with E-state index in [9.17, 15) is 4.79 Å². The summed E-state index contributed by atoms with van der Waals surface area (Å²) in [5.74, 6) is 5.93. The number of hydrogen-bond donors (Lipinski definition) is 1. The van der Waals surface area contributed by atoms with Gasteiger partial charge < -0.3 is 10.1 Å². The van der Waals surface area contributed by atoms with Crippen molar-refractivity contribution in [2.24, 2.45) is 0 Å². The first-order valence-electron chi connectivity index (χ1n) is 6.85. The Morgan fingerprint density at radius 2 is 2.00 bits per heavy atom. The second-order valence-electron chi connectivity index (χ2n) is 4.45. The molecule has 0 unspecified atom stereocenters. The maximum absolute atomic E-state index is 11.5. The molecule has 2 rings (SSSR count). The summed E-state index contributed by atoms with van der Waals surface area (Å²) in [6.45, 7) is 0.521. The minimum atomic E-state index is -0.462. The van der Waals surface area contributed by atoms with Gasteiger partial charge in [-0.2, -0.15) is 0 Å². The summed E-state index contributed by atoms with van der Waals surface area (Å²) in [7, 11) is 0. The van der Waals surface area contributed by atoms with E-state index in [1.807, 2.05) is 60.9 Å². The van der Waals surface area contributed by atoms with Crippen molar-refractivity contribution in [3.8, 4) is 11.8 Å². The molecule has 1 amide bonds. The van der Waals surface area contributed by atoms with Crippen LogP contribution in [0.1, 0.15) is 11.1 Å². The first kappa shape index (κ1) is 16.0. The Morgan fingerprint density at radius 3 is 2.77 bits per heavy atom. The Balaban J connectivity index is 1.74. The van der Waals surface area contributed by atoms with Crippen LogP contribution in [0.5, 0.6) is 0 Å². The first-order chi connectivity index (χ1) is 10.8. The summed E-state index contributed by atoms with van der Waals surface area (Å²) in [4.78, 5) is 12.7. The van der Waals surface area contributed by atoms with Gasteiger partial charge in [-0.15, -0.1) is 11.8 Å². The zero-order valence-corrected chi connectivity index (χ0v) is 13.2. The molecule has 0 aliphatic rings. The van der Waals surface area contributed by atoms with E-state index >= 15 is 0 Å². The quantitative estimate of drug-likeness (QED) is 0.691. The Bertz CT molecular complexity index is 674. The number of carbonyl (C=O) groups excluding carboxylic acids is 1.